The van der Waals surface area contributed by atoms with Gasteiger partial charge in [-0.05, 0) is 12.1 Å². The van der Waals surface area contributed by atoms with Crippen molar-refractivity contribution in [1.29, 1.82) is 0 Å². The van der Waals surface area contributed by atoms with Gasteiger partial charge in [-0.1, -0.05) is 12.1 Å². The van der Waals surface area contributed by atoms with Gasteiger partial charge in [-0.3, -0.25) is 19.2 Å². The Bertz CT molecular complexity index is 915. The van der Waals surface area contributed by atoms with Crippen LogP contribution in [0.2, 0.25) is 0 Å². The van der Waals surface area contributed by atoms with Gasteiger partial charge in [-0.15, -0.1) is 0 Å². The fourth-order valence-electron chi connectivity index (χ4n) is 3.08. The summed E-state index contributed by atoms with van der Waals surface area (Å²) in [4.78, 5) is 59.0. The average Bonchev–Trinajstić information content (AvgIpc) is 2.70. The van der Waals surface area contributed by atoms with Crippen molar-refractivity contribution >= 4 is 29.8 Å². The maximum absolute atomic E-state index is 14.0. The standard InChI is InChI=1S/C21H23FO11/c1-10(23)28-9-16-17(29-11(2)24)18(30-12(3)25)19(31-13(4)26)21(32-16)33-20(27)14-7-5-6-8-15(14)22/h5-8,16-19,21H,9H2,1-4H3/t16-,17+,18+,19-,21+/m1/s1. The monoisotopic (exact) mass is 470 g/mol. The van der Waals surface area contributed by atoms with E-state index in [1.54, 1.807) is 0 Å². The van der Waals surface area contributed by atoms with Crippen molar-refractivity contribution in [3.63, 3.8) is 0 Å². The lowest BCUT2D eigenvalue weighted by Crippen LogP contribution is -2.63. The van der Waals surface area contributed by atoms with Crippen LogP contribution in [0, 0.1) is 5.82 Å². The first-order valence-corrected chi connectivity index (χ1v) is 9.75. The minimum absolute atomic E-state index is 0.439. The molecule has 1 heterocycles. The van der Waals surface area contributed by atoms with Crippen LogP contribution in [0.25, 0.3) is 0 Å². The van der Waals surface area contributed by atoms with Gasteiger partial charge in [0.2, 0.25) is 12.4 Å². The third-order valence-corrected chi connectivity index (χ3v) is 4.27. The van der Waals surface area contributed by atoms with Crippen molar-refractivity contribution in [2.24, 2.45) is 0 Å². The van der Waals surface area contributed by atoms with Crippen LogP contribution in [0.5, 0.6) is 0 Å². The molecule has 0 amide bonds. The molecular weight excluding hydrogens is 447 g/mol. The number of esters is 5. The van der Waals surface area contributed by atoms with Crippen LogP contribution in [0.1, 0.15) is 38.1 Å². The Morgan fingerprint density at radius 1 is 0.788 bits per heavy atom. The van der Waals surface area contributed by atoms with E-state index in [1.807, 2.05) is 0 Å². The number of carbonyl (C=O) groups is 5. The van der Waals surface area contributed by atoms with Crippen molar-refractivity contribution in [2.45, 2.75) is 58.4 Å². The quantitative estimate of drug-likeness (QED) is 0.417. The molecule has 1 aromatic carbocycles. The average molecular weight is 470 g/mol. The normalized spacial score (nSPS) is 24.2. The van der Waals surface area contributed by atoms with E-state index in [0.29, 0.717) is 0 Å². The molecule has 0 spiro atoms. The zero-order valence-electron chi connectivity index (χ0n) is 18.3. The molecule has 0 unspecified atom stereocenters. The highest BCUT2D eigenvalue weighted by atomic mass is 19.1. The van der Waals surface area contributed by atoms with Gasteiger partial charge in [-0.25, -0.2) is 9.18 Å². The minimum Gasteiger partial charge on any atom is -0.463 e. The summed E-state index contributed by atoms with van der Waals surface area (Å²) in [6, 6.07) is 4.94. The van der Waals surface area contributed by atoms with E-state index in [1.165, 1.54) is 12.1 Å². The number of rotatable bonds is 7. The number of ether oxygens (including phenoxy) is 6. The molecule has 1 aromatic rings. The molecule has 0 bridgehead atoms. The van der Waals surface area contributed by atoms with Gasteiger partial charge in [0, 0.05) is 27.7 Å². The third kappa shape index (κ3) is 7.24. The van der Waals surface area contributed by atoms with Crippen LogP contribution < -0.4 is 0 Å². The summed E-state index contributed by atoms with van der Waals surface area (Å²) < 4.78 is 45.4. The smallest absolute Gasteiger partial charge is 0.343 e. The van der Waals surface area contributed by atoms with Gasteiger partial charge >= 0.3 is 29.8 Å². The van der Waals surface area contributed by atoms with E-state index in [4.69, 9.17) is 28.4 Å². The van der Waals surface area contributed by atoms with Gasteiger partial charge in [0.05, 0.1) is 5.56 Å². The Balaban J connectivity index is 2.45. The van der Waals surface area contributed by atoms with Gasteiger partial charge in [0.15, 0.2) is 12.2 Å². The van der Waals surface area contributed by atoms with Gasteiger partial charge in [0.1, 0.15) is 18.5 Å². The maximum Gasteiger partial charge on any atom is 0.343 e. The second-order valence-corrected chi connectivity index (χ2v) is 6.95. The molecule has 0 radical (unpaired) electrons. The fraction of sp³-hybridized carbons (Fsp3) is 0.476. The van der Waals surface area contributed by atoms with Crippen molar-refractivity contribution in [3.05, 3.63) is 35.6 Å². The van der Waals surface area contributed by atoms with E-state index in [9.17, 15) is 28.4 Å². The van der Waals surface area contributed by atoms with Crippen molar-refractivity contribution in [1.82, 2.24) is 0 Å². The van der Waals surface area contributed by atoms with E-state index in [-0.39, 0.29) is 0 Å². The van der Waals surface area contributed by atoms with Crippen LogP contribution in [0.4, 0.5) is 4.39 Å². The maximum atomic E-state index is 14.0. The third-order valence-electron chi connectivity index (χ3n) is 4.27. The summed E-state index contributed by atoms with van der Waals surface area (Å²) in [5, 5.41) is 0. The highest BCUT2D eigenvalue weighted by Gasteiger charge is 2.53. The van der Waals surface area contributed by atoms with Crippen LogP contribution in [0.3, 0.4) is 0 Å². The minimum atomic E-state index is -1.74. The first kappa shape index (κ1) is 25.7. The zero-order chi connectivity index (χ0) is 24.7. The van der Waals surface area contributed by atoms with Crippen LogP contribution >= 0.6 is 0 Å². The highest BCUT2D eigenvalue weighted by Crippen LogP contribution is 2.30. The molecule has 1 fully saturated rings. The number of benzene rings is 1. The lowest BCUT2D eigenvalue weighted by atomic mass is 9.98. The number of carbonyl (C=O) groups excluding carboxylic acids is 5. The van der Waals surface area contributed by atoms with Crippen molar-refractivity contribution in [2.75, 3.05) is 6.61 Å². The van der Waals surface area contributed by atoms with Crippen LogP contribution in [-0.4, -0.2) is 67.2 Å². The van der Waals surface area contributed by atoms with Crippen LogP contribution in [-0.2, 0) is 47.6 Å². The summed E-state index contributed by atoms with van der Waals surface area (Å²) in [6.45, 7) is 3.77. The van der Waals surface area contributed by atoms with Crippen molar-refractivity contribution in [3.8, 4) is 0 Å². The lowest BCUT2D eigenvalue weighted by Gasteiger charge is -2.43. The van der Waals surface area contributed by atoms with E-state index in [0.717, 1.165) is 39.8 Å². The number of hydrogen-bond donors (Lipinski definition) is 0. The Labute approximate surface area is 188 Å². The highest BCUT2D eigenvalue weighted by molar-refractivity contribution is 5.89. The van der Waals surface area contributed by atoms with Gasteiger partial charge in [-0.2, -0.15) is 0 Å². The van der Waals surface area contributed by atoms with Crippen molar-refractivity contribution < 1.29 is 56.8 Å². The molecule has 12 heteroatoms. The number of hydrogen-bond acceptors (Lipinski definition) is 11. The second kappa shape index (κ2) is 11.4. The van der Waals surface area contributed by atoms with Crippen LogP contribution in [0.15, 0.2) is 24.3 Å². The molecule has 2 rings (SSSR count). The van der Waals surface area contributed by atoms with Gasteiger partial charge < -0.3 is 28.4 Å². The molecular formula is C21H23FO11. The second-order valence-electron chi connectivity index (χ2n) is 6.95. The Hall–Kier alpha value is -3.54. The Morgan fingerprint density at radius 3 is 1.88 bits per heavy atom. The molecule has 0 aliphatic carbocycles. The summed E-state index contributed by atoms with van der Waals surface area (Å²) in [7, 11) is 0. The summed E-state index contributed by atoms with van der Waals surface area (Å²) in [6.07, 6.45) is -7.55. The molecule has 0 aromatic heterocycles. The molecule has 0 N–H and O–H groups in total. The molecule has 1 aliphatic heterocycles. The molecule has 11 nitrogen and oxygen atoms in total. The summed E-state index contributed by atoms with van der Waals surface area (Å²) >= 11 is 0. The molecule has 180 valence electrons. The summed E-state index contributed by atoms with van der Waals surface area (Å²) in [5.41, 5.74) is -0.439. The topological polar surface area (TPSA) is 141 Å². The predicted octanol–water partition coefficient (Wildman–Crippen LogP) is 1.07. The number of halogens is 1. The van der Waals surface area contributed by atoms with E-state index >= 15 is 0 Å². The van der Waals surface area contributed by atoms with Gasteiger partial charge in [0.25, 0.3) is 0 Å². The summed E-state index contributed by atoms with van der Waals surface area (Å²) in [5.74, 6) is -5.28. The first-order chi connectivity index (χ1) is 15.5. The van der Waals surface area contributed by atoms with E-state index < -0.39 is 78.5 Å². The molecule has 0 saturated carbocycles. The Morgan fingerprint density at radius 2 is 1.33 bits per heavy atom. The molecule has 1 aliphatic rings. The first-order valence-electron chi connectivity index (χ1n) is 9.75. The SMILES string of the molecule is CC(=O)OC[C@H]1O[C@@H](OC(=O)c2ccccc2F)[C@H](OC(C)=O)[C@@H](OC(C)=O)[C@H]1OC(C)=O. The Kier molecular flexibility index (Phi) is 8.85. The molecule has 1 saturated heterocycles. The lowest BCUT2D eigenvalue weighted by molar-refractivity contribution is -0.294. The molecule has 33 heavy (non-hydrogen) atoms. The van der Waals surface area contributed by atoms with E-state index in [2.05, 4.69) is 0 Å². The largest absolute Gasteiger partial charge is 0.463 e. The fourth-order valence-corrected chi connectivity index (χ4v) is 3.08. The predicted molar refractivity (Wildman–Crippen MR) is 104 cm³/mol. The zero-order valence-corrected chi connectivity index (χ0v) is 18.3. The molecule has 5 atom stereocenters.